The third kappa shape index (κ3) is 5.55. The van der Waals surface area contributed by atoms with Gasteiger partial charge < -0.3 is 30.2 Å². The minimum Gasteiger partial charge on any atom is -0.493 e. The number of aromatic nitrogens is 2. The molecule has 0 aliphatic carbocycles. The van der Waals surface area contributed by atoms with Gasteiger partial charge in [-0.2, -0.15) is 0 Å². The zero-order valence-corrected chi connectivity index (χ0v) is 19.7. The Balaban J connectivity index is 1.89. The highest BCUT2D eigenvalue weighted by atomic mass is 16.6. The van der Waals surface area contributed by atoms with Crippen molar-refractivity contribution in [2.45, 2.75) is 19.4 Å². The molecule has 180 valence electrons. The third-order valence-electron chi connectivity index (χ3n) is 5.10. The molecule has 2 amide bonds. The second kappa shape index (κ2) is 11.0. The summed E-state index contributed by atoms with van der Waals surface area (Å²) in [5, 5.41) is 24.8. The molecule has 0 aliphatic rings. The summed E-state index contributed by atoms with van der Waals surface area (Å²) in [6.45, 7) is 1.90. The van der Waals surface area contributed by atoms with E-state index in [0.29, 0.717) is 40.6 Å². The van der Waals surface area contributed by atoms with E-state index in [9.17, 15) is 4.79 Å². The number of methoxy groups -OCH3 is 3. The van der Waals surface area contributed by atoms with Crippen molar-refractivity contribution in [1.82, 2.24) is 20.9 Å². The van der Waals surface area contributed by atoms with Gasteiger partial charge in [0, 0.05) is 29.9 Å². The van der Waals surface area contributed by atoms with Crippen LogP contribution in [0.2, 0.25) is 0 Å². The Morgan fingerprint density at radius 3 is 2.35 bits per heavy atom. The van der Waals surface area contributed by atoms with Gasteiger partial charge in [-0.15, -0.1) is 0 Å². The molecule has 0 saturated carbocycles. The number of nitrogens with zero attached hydrogens (tertiary/aromatic N) is 2. The van der Waals surface area contributed by atoms with Gasteiger partial charge in [0.05, 0.1) is 27.0 Å². The van der Waals surface area contributed by atoms with Gasteiger partial charge in [-0.1, -0.05) is 12.1 Å². The molecule has 0 radical (unpaired) electrons. The van der Waals surface area contributed by atoms with Gasteiger partial charge in [-0.3, -0.25) is 5.41 Å². The number of rotatable bonds is 10. The molecule has 1 unspecified atom stereocenters. The van der Waals surface area contributed by atoms with Gasteiger partial charge in [-0.05, 0) is 53.5 Å². The molecule has 3 aromatic rings. The van der Waals surface area contributed by atoms with Crippen LogP contribution in [0.15, 0.2) is 41.0 Å². The highest BCUT2D eigenvalue weighted by Gasteiger charge is 2.19. The average molecular weight is 469 g/mol. The number of amides is 2. The summed E-state index contributed by atoms with van der Waals surface area (Å²) in [5.74, 6) is 1.66. The Bertz CT molecular complexity index is 1150. The van der Waals surface area contributed by atoms with Crippen molar-refractivity contribution in [2.75, 3.05) is 33.7 Å². The molecule has 34 heavy (non-hydrogen) atoms. The number of carbonyl (C=O) groups excluding carboxylic acids is 1. The maximum Gasteiger partial charge on any atom is 0.314 e. The fourth-order valence-corrected chi connectivity index (χ4v) is 3.40. The predicted molar refractivity (Wildman–Crippen MR) is 127 cm³/mol. The van der Waals surface area contributed by atoms with E-state index >= 15 is 0 Å². The van der Waals surface area contributed by atoms with Crippen molar-refractivity contribution < 1.29 is 23.6 Å². The van der Waals surface area contributed by atoms with Crippen LogP contribution in [-0.4, -0.2) is 56.5 Å². The molecule has 0 saturated heterocycles. The van der Waals surface area contributed by atoms with Crippen LogP contribution in [0.1, 0.15) is 23.6 Å². The van der Waals surface area contributed by atoms with E-state index in [1.807, 2.05) is 37.3 Å². The van der Waals surface area contributed by atoms with E-state index in [1.54, 1.807) is 27.3 Å². The molecule has 0 aliphatic heterocycles. The number of urea groups is 1. The lowest BCUT2D eigenvalue weighted by molar-refractivity contribution is 0.240. The van der Waals surface area contributed by atoms with E-state index in [1.165, 1.54) is 7.11 Å². The minimum absolute atomic E-state index is 0.178. The molecule has 4 N–H and O–H groups in total. The fourth-order valence-electron chi connectivity index (χ4n) is 3.40. The highest BCUT2D eigenvalue weighted by Crippen LogP contribution is 2.33. The second-order valence-electron chi connectivity index (χ2n) is 7.39. The molecule has 1 aromatic heterocycles. The Labute approximate surface area is 197 Å². The molecule has 1 heterocycles. The molecule has 0 spiro atoms. The van der Waals surface area contributed by atoms with Crippen molar-refractivity contribution in [1.29, 1.82) is 5.41 Å². The van der Waals surface area contributed by atoms with Crippen LogP contribution in [0.5, 0.6) is 17.4 Å². The molecule has 11 heteroatoms. The van der Waals surface area contributed by atoms with Gasteiger partial charge in [0.2, 0.25) is 5.82 Å². The van der Waals surface area contributed by atoms with E-state index in [-0.39, 0.29) is 18.0 Å². The number of hydrogen-bond acceptors (Lipinski definition) is 9. The van der Waals surface area contributed by atoms with Crippen molar-refractivity contribution in [3.05, 3.63) is 53.1 Å². The quantitative estimate of drug-likeness (QED) is 0.332. The first-order valence-electron chi connectivity index (χ1n) is 10.5. The Morgan fingerprint density at radius 1 is 1.06 bits per heavy atom. The average Bonchev–Trinajstić information content (AvgIpc) is 3.30. The Kier molecular flexibility index (Phi) is 7.91. The molecule has 1 atom stereocenters. The largest absolute Gasteiger partial charge is 0.493 e. The molecule has 11 nitrogen and oxygen atoms in total. The minimum atomic E-state index is -0.272. The summed E-state index contributed by atoms with van der Waals surface area (Å²) in [4.78, 5) is 11.7. The monoisotopic (exact) mass is 468 g/mol. The standard InChI is InChI=1S/C23H28N6O5/c1-13(26-23(30)25-2)10-15-11-18(31-3)19(32-4)12-17(15)20(24)14-6-8-16(9-7-14)27-21-22(33-5)29-34-28-21/h6-9,11-13,24H,10H2,1-5H3,(H,27,28)(H2,25,26,30). The van der Waals surface area contributed by atoms with Crippen LogP contribution >= 0.6 is 0 Å². The van der Waals surface area contributed by atoms with E-state index < -0.39 is 0 Å². The lowest BCUT2D eigenvalue weighted by atomic mass is 9.93. The van der Waals surface area contributed by atoms with Gasteiger partial charge in [-0.25, -0.2) is 9.42 Å². The summed E-state index contributed by atoms with van der Waals surface area (Å²) in [6, 6.07) is 10.4. The van der Waals surface area contributed by atoms with E-state index in [0.717, 1.165) is 11.3 Å². The van der Waals surface area contributed by atoms with Crippen molar-refractivity contribution >= 4 is 23.2 Å². The SMILES string of the molecule is CNC(=O)NC(C)Cc1cc(OC)c(OC)cc1C(=N)c1ccc(Nc2nonc2OC)cc1. The number of carbonyl (C=O) groups is 1. The number of nitrogens with one attached hydrogen (secondary N) is 4. The number of benzene rings is 2. The summed E-state index contributed by atoms with van der Waals surface area (Å²) in [7, 11) is 6.15. The molecule has 2 aromatic carbocycles. The zero-order valence-electron chi connectivity index (χ0n) is 19.7. The lowest BCUT2D eigenvalue weighted by Gasteiger charge is -2.19. The van der Waals surface area contributed by atoms with Crippen molar-refractivity contribution in [2.24, 2.45) is 0 Å². The predicted octanol–water partition coefficient (Wildman–Crippen LogP) is 3.12. The summed E-state index contributed by atoms with van der Waals surface area (Å²) in [6.07, 6.45) is 0.490. The van der Waals surface area contributed by atoms with Crippen LogP contribution in [0.3, 0.4) is 0 Å². The number of anilines is 2. The van der Waals surface area contributed by atoms with Crippen LogP contribution in [0.25, 0.3) is 0 Å². The molecule has 0 bridgehead atoms. The third-order valence-corrected chi connectivity index (χ3v) is 5.10. The van der Waals surface area contributed by atoms with Crippen LogP contribution in [0, 0.1) is 5.41 Å². The van der Waals surface area contributed by atoms with Crippen LogP contribution < -0.4 is 30.2 Å². The molecule has 3 rings (SSSR count). The number of ether oxygens (including phenoxy) is 3. The second-order valence-corrected chi connectivity index (χ2v) is 7.39. The summed E-state index contributed by atoms with van der Waals surface area (Å²) >= 11 is 0. The van der Waals surface area contributed by atoms with Crippen molar-refractivity contribution in [3.63, 3.8) is 0 Å². The number of hydrogen-bond donors (Lipinski definition) is 4. The first-order chi connectivity index (χ1) is 16.4. The van der Waals surface area contributed by atoms with Gasteiger partial charge in [0.1, 0.15) is 0 Å². The molecule has 0 fully saturated rings. The van der Waals surface area contributed by atoms with Crippen molar-refractivity contribution in [3.8, 4) is 17.4 Å². The maximum absolute atomic E-state index is 11.7. The lowest BCUT2D eigenvalue weighted by Crippen LogP contribution is -2.40. The maximum atomic E-state index is 11.7. The smallest absolute Gasteiger partial charge is 0.314 e. The van der Waals surface area contributed by atoms with Gasteiger partial charge in [0.25, 0.3) is 5.88 Å². The van der Waals surface area contributed by atoms with E-state index in [4.69, 9.17) is 19.6 Å². The van der Waals surface area contributed by atoms with E-state index in [2.05, 4.69) is 30.9 Å². The van der Waals surface area contributed by atoms with Gasteiger partial charge >= 0.3 is 6.03 Å². The molecular formula is C23H28N6O5. The van der Waals surface area contributed by atoms with Crippen LogP contribution in [0.4, 0.5) is 16.3 Å². The highest BCUT2D eigenvalue weighted by molar-refractivity contribution is 6.12. The summed E-state index contributed by atoms with van der Waals surface area (Å²) in [5.41, 5.74) is 3.23. The summed E-state index contributed by atoms with van der Waals surface area (Å²) < 4.78 is 20.7. The topological polar surface area (TPSA) is 144 Å². The fraction of sp³-hybridized carbons (Fsp3) is 0.304. The zero-order chi connectivity index (χ0) is 24.7. The normalized spacial score (nSPS) is 11.3. The van der Waals surface area contributed by atoms with Gasteiger partial charge in [0.15, 0.2) is 11.5 Å². The first-order valence-corrected chi connectivity index (χ1v) is 10.5. The van der Waals surface area contributed by atoms with Crippen LogP contribution in [-0.2, 0) is 6.42 Å². The Hall–Kier alpha value is -4.28. The first kappa shape index (κ1) is 24.4. The Morgan fingerprint density at radius 2 is 1.74 bits per heavy atom. The molecular weight excluding hydrogens is 440 g/mol.